The summed E-state index contributed by atoms with van der Waals surface area (Å²) in [5.74, 6) is 0. The maximum Gasteiger partial charge on any atom is 0.251 e. The number of H-pyrrole nitrogens is 2. The van der Waals surface area contributed by atoms with Crippen molar-refractivity contribution in [3.63, 3.8) is 0 Å². The zero-order chi connectivity index (χ0) is 13.7. The van der Waals surface area contributed by atoms with Gasteiger partial charge in [-0.05, 0) is 50.5 Å². The van der Waals surface area contributed by atoms with Crippen LogP contribution in [-0.4, -0.2) is 9.97 Å². The Balaban J connectivity index is 0.000000180. The minimum absolute atomic E-state index is 0.00926. The van der Waals surface area contributed by atoms with Crippen molar-refractivity contribution < 1.29 is 0 Å². The standard InChI is InChI=1S/2C7H9NO/c1-5-3-7(9)8-4-6(5)2;1-5-3-4-8-7(9)6(5)2/h2*3-4H,1-2H3,(H,8,9). The predicted molar refractivity (Wildman–Crippen MR) is 73.1 cm³/mol. The van der Waals surface area contributed by atoms with Gasteiger partial charge >= 0.3 is 0 Å². The fourth-order valence-corrected chi connectivity index (χ4v) is 1.30. The second-order valence-corrected chi connectivity index (χ2v) is 4.28. The maximum absolute atomic E-state index is 10.8. The van der Waals surface area contributed by atoms with E-state index >= 15 is 0 Å². The van der Waals surface area contributed by atoms with Crippen LogP contribution in [0.1, 0.15) is 22.3 Å². The largest absolute Gasteiger partial charge is 0.329 e. The van der Waals surface area contributed by atoms with Crippen LogP contribution in [0.2, 0.25) is 0 Å². The summed E-state index contributed by atoms with van der Waals surface area (Å²) in [6.45, 7) is 7.62. The highest BCUT2D eigenvalue weighted by Gasteiger charge is 1.92. The number of pyridine rings is 2. The first-order valence-electron chi connectivity index (χ1n) is 5.72. The molecule has 18 heavy (non-hydrogen) atoms. The Morgan fingerprint density at radius 2 is 1.56 bits per heavy atom. The van der Waals surface area contributed by atoms with E-state index < -0.39 is 0 Å². The summed E-state index contributed by atoms with van der Waals surface area (Å²) < 4.78 is 0. The summed E-state index contributed by atoms with van der Waals surface area (Å²) in [6.07, 6.45) is 3.38. The summed E-state index contributed by atoms with van der Waals surface area (Å²) in [6, 6.07) is 3.48. The lowest BCUT2D eigenvalue weighted by atomic mass is 10.2. The monoisotopic (exact) mass is 246 g/mol. The lowest BCUT2D eigenvalue weighted by Gasteiger charge is -1.93. The molecule has 4 heteroatoms. The SMILES string of the molecule is Cc1c[nH]c(=O)cc1C.Cc1cc[nH]c(=O)c1C. The van der Waals surface area contributed by atoms with Gasteiger partial charge in [-0.25, -0.2) is 0 Å². The molecule has 0 amide bonds. The topological polar surface area (TPSA) is 65.7 Å². The van der Waals surface area contributed by atoms with Crippen LogP contribution < -0.4 is 11.1 Å². The lowest BCUT2D eigenvalue weighted by Crippen LogP contribution is -2.08. The molecule has 2 rings (SSSR count). The predicted octanol–water partition coefficient (Wildman–Crippen LogP) is 1.98. The molecule has 4 nitrogen and oxygen atoms in total. The van der Waals surface area contributed by atoms with Crippen LogP contribution >= 0.6 is 0 Å². The second-order valence-electron chi connectivity index (χ2n) is 4.28. The van der Waals surface area contributed by atoms with Crippen molar-refractivity contribution in [1.29, 1.82) is 0 Å². The fraction of sp³-hybridized carbons (Fsp3) is 0.286. The summed E-state index contributed by atoms with van der Waals surface area (Å²) in [5, 5.41) is 0. The Hall–Kier alpha value is -2.10. The number of aryl methyl sites for hydroxylation is 3. The first-order valence-corrected chi connectivity index (χ1v) is 5.72. The van der Waals surface area contributed by atoms with E-state index in [1.54, 1.807) is 18.5 Å². The van der Waals surface area contributed by atoms with Crippen LogP contribution in [0.3, 0.4) is 0 Å². The summed E-state index contributed by atoms with van der Waals surface area (Å²) in [4.78, 5) is 26.5. The average molecular weight is 246 g/mol. The third kappa shape index (κ3) is 3.73. The van der Waals surface area contributed by atoms with Gasteiger partial charge in [-0.3, -0.25) is 9.59 Å². The first kappa shape index (κ1) is 14.0. The molecule has 2 aromatic rings. The number of rotatable bonds is 0. The van der Waals surface area contributed by atoms with Crippen molar-refractivity contribution in [2.75, 3.05) is 0 Å². The Kier molecular flexibility index (Phi) is 4.66. The molecule has 0 aliphatic rings. The van der Waals surface area contributed by atoms with Gasteiger partial charge in [-0.1, -0.05) is 0 Å². The smallest absolute Gasteiger partial charge is 0.251 e. The zero-order valence-electron chi connectivity index (χ0n) is 11.1. The van der Waals surface area contributed by atoms with E-state index in [2.05, 4.69) is 9.97 Å². The van der Waals surface area contributed by atoms with Crippen LogP contribution in [0.5, 0.6) is 0 Å². The highest BCUT2D eigenvalue weighted by molar-refractivity contribution is 5.19. The van der Waals surface area contributed by atoms with Crippen molar-refractivity contribution in [3.05, 3.63) is 67.5 Å². The van der Waals surface area contributed by atoms with Gasteiger partial charge in [0.2, 0.25) is 5.56 Å². The van der Waals surface area contributed by atoms with E-state index in [0.717, 1.165) is 22.3 Å². The third-order valence-electron chi connectivity index (χ3n) is 2.88. The highest BCUT2D eigenvalue weighted by Crippen LogP contribution is 1.97. The molecule has 2 N–H and O–H groups in total. The molecule has 0 spiro atoms. The van der Waals surface area contributed by atoms with E-state index in [1.807, 2.05) is 33.8 Å². The van der Waals surface area contributed by atoms with Gasteiger partial charge in [0.15, 0.2) is 0 Å². The molecule has 0 unspecified atom stereocenters. The van der Waals surface area contributed by atoms with Gasteiger partial charge in [-0.15, -0.1) is 0 Å². The molecular weight excluding hydrogens is 228 g/mol. The minimum atomic E-state index is -0.0295. The number of aromatic nitrogens is 2. The molecule has 2 aromatic heterocycles. The molecule has 0 fully saturated rings. The summed E-state index contributed by atoms with van der Waals surface area (Å²) in [5.41, 5.74) is 3.98. The average Bonchev–Trinajstić information content (AvgIpc) is 2.32. The molecule has 0 saturated carbocycles. The van der Waals surface area contributed by atoms with E-state index in [9.17, 15) is 9.59 Å². The molecule has 0 bridgehead atoms. The quantitative estimate of drug-likeness (QED) is 0.746. The number of nitrogens with one attached hydrogen (secondary N) is 2. The van der Waals surface area contributed by atoms with Crippen LogP contribution in [0.4, 0.5) is 0 Å². The Morgan fingerprint density at radius 3 is 2.00 bits per heavy atom. The van der Waals surface area contributed by atoms with E-state index in [-0.39, 0.29) is 11.1 Å². The zero-order valence-corrected chi connectivity index (χ0v) is 11.1. The van der Waals surface area contributed by atoms with Gasteiger partial charge in [-0.2, -0.15) is 0 Å². The van der Waals surface area contributed by atoms with E-state index in [0.29, 0.717) is 0 Å². The molecular formula is C14H18N2O2. The van der Waals surface area contributed by atoms with Crippen LogP contribution in [0.15, 0.2) is 34.1 Å². The summed E-state index contributed by atoms with van der Waals surface area (Å²) in [7, 11) is 0. The van der Waals surface area contributed by atoms with E-state index in [4.69, 9.17) is 0 Å². The molecule has 0 atom stereocenters. The van der Waals surface area contributed by atoms with Crippen molar-refractivity contribution in [2.45, 2.75) is 27.7 Å². The highest BCUT2D eigenvalue weighted by atomic mass is 16.1. The molecule has 0 saturated heterocycles. The normalized spacial score (nSPS) is 9.56. The number of aromatic amines is 2. The van der Waals surface area contributed by atoms with Crippen LogP contribution in [0, 0.1) is 27.7 Å². The molecule has 0 aliphatic carbocycles. The van der Waals surface area contributed by atoms with Crippen molar-refractivity contribution in [1.82, 2.24) is 9.97 Å². The van der Waals surface area contributed by atoms with Gasteiger partial charge in [0, 0.05) is 24.0 Å². The Bertz CT molecular complexity index is 639. The van der Waals surface area contributed by atoms with Crippen molar-refractivity contribution in [2.24, 2.45) is 0 Å². The van der Waals surface area contributed by atoms with Gasteiger partial charge in [0.25, 0.3) is 5.56 Å². The first-order chi connectivity index (χ1) is 8.41. The lowest BCUT2D eigenvalue weighted by molar-refractivity contribution is 1.14. The number of hydrogen-bond acceptors (Lipinski definition) is 2. The second kappa shape index (κ2) is 6.00. The third-order valence-corrected chi connectivity index (χ3v) is 2.88. The summed E-state index contributed by atoms with van der Waals surface area (Å²) >= 11 is 0. The maximum atomic E-state index is 10.8. The van der Waals surface area contributed by atoms with Gasteiger partial charge in [0.05, 0.1) is 0 Å². The van der Waals surface area contributed by atoms with Crippen molar-refractivity contribution >= 4 is 0 Å². The Morgan fingerprint density at radius 1 is 0.889 bits per heavy atom. The molecule has 96 valence electrons. The number of hydrogen-bond donors (Lipinski definition) is 2. The van der Waals surface area contributed by atoms with Crippen LogP contribution in [0.25, 0.3) is 0 Å². The van der Waals surface area contributed by atoms with Crippen LogP contribution in [-0.2, 0) is 0 Å². The molecule has 2 heterocycles. The minimum Gasteiger partial charge on any atom is -0.329 e. The van der Waals surface area contributed by atoms with Gasteiger partial charge < -0.3 is 9.97 Å². The Labute approximate surface area is 106 Å². The fourth-order valence-electron chi connectivity index (χ4n) is 1.30. The molecule has 0 aliphatic heterocycles. The van der Waals surface area contributed by atoms with E-state index in [1.165, 1.54) is 0 Å². The van der Waals surface area contributed by atoms with Gasteiger partial charge in [0.1, 0.15) is 0 Å². The van der Waals surface area contributed by atoms with Crippen molar-refractivity contribution in [3.8, 4) is 0 Å². The molecule has 0 aromatic carbocycles. The molecule has 0 radical (unpaired) electrons.